The van der Waals surface area contributed by atoms with Crippen molar-refractivity contribution in [2.45, 2.75) is 50.5 Å². The van der Waals surface area contributed by atoms with Gasteiger partial charge in [-0.15, -0.1) is 11.3 Å². The van der Waals surface area contributed by atoms with Crippen molar-refractivity contribution in [3.8, 4) is 0 Å². The number of carbonyl (C=O) groups is 3. The van der Waals surface area contributed by atoms with Crippen molar-refractivity contribution < 1.29 is 37.3 Å². The molecule has 2 fully saturated rings. The van der Waals surface area contributed by atoms with Crippen LogP contribution in [-0.2, 0) is 42.6 Å². The molecule has 1 saturated heterocycles. The quantitative estimate of drug-likeness (QED) is 0.0908. The maximum Gasteiger partial charge on any atom is 0.362 e. The molecule has 1 aliphatic carbocycles. The smallest absolute Gasteiger partial charge is 0.362 e. The van der Waals surface area contributed by atoms with Crippen LogP contribution in [0.3, 0.4) is 0 Å². The number of aryl methyl sites for hydroxylation is 1. The molecule has 36 heavy (non-hydrogen) atoms. The van der Waals surface area contributed by atoms with Gasteiger partial charge in [-0.1, -0.05) is 5.16 Å². The fraction of sp³-hybridized carbons (Fsp3) is 0.471. The Labute approximate surface area is 207 Å². The molecule has 1 aliphatic heterocycles. The van der Waals surface area contributed by atoms with Gasteiger partial charge in [0.25, 0.3) is 11.8 Å². The van der Waals surface area contributed by atoms with Crippen LogP contribution in [0.4, 0.5) is 5.13 Å². The zero-order valence-electron chi connectivity index (χ0n) is 18.6. The molecule has 19 heteroatoms. The largest absolute Gasteiger partial charge is 0.478 e. The molecular weight excluding hydrogens is 522 g/mol. The van der Waals surface area contributed by atoms with Crippen LogP contribution < -0.4 is 16.8 Å². The number of hydrogen-bond donors (Lipinski definition) is 5. The predicted molar refractivity (Wildman–Crippen MR) is 121 cm³/mol. The topological polar surface area (TPSA) is 258 Å². The van der Waals surface area contributed by atoms with Crippen molar-refractivity contribution in [2.75, 3.05) is 5.73 Å². The first-order valence-corrected chi connectivity index (χ1v) is 12.6. The van der Waals surface area contributed by atoms with E-state index in [0.29, 0.717) is 11.4 Å². The molecule has 2 aliphatic rings. The molecular formula is C17H21N9O8S2. The lowest BCUT2D eigenvalue weighted by Crippen LogP contribution is -2.73. The number of oxime groups is 1. The van der Waals surface area contributed by atoms with Crippen molar-refractivity contribution in [3.05, 3.63) is 22.5 Å². The lowest BCUT2D eigenvalue weighted by molar-refractivity contribution is -0.153. The highest BCUT2D eigenvalue weighted by Gasteiger charge is 2.56. The van der Waals surface area contributed by atoms with Crippen LogP contribution in [0.25, 0.3) is 0 Å². The number of aromatic nitrogens is 4. The third kappa shape index (κ3) is 4.72. The molecule has 2 amide bonds. The highest BCUT2D eigenvalue weighted by Crippen LogP contribution is 2.40. The highest BCUT2D eigenvalue weighted by atomic mass is 32.2. The standard InChI is InChI=1S/C17H21N9O8S2/c1-7-8(4-18)23-25(22-7)5-10-12(14(28)26(10)36(31,32)33)21-13(27)11(9-6-35-16(19)20-9)24-34-17(2-3-17)15(29)30/h6,10,12H,2-5,18H2,1H3,(H2,19,20)(H,21,27)(H,29,30)(H,31,32,33)/b24-11-/t10-,12+/m1/s1. The second-order valence-electron chi connectivity index (χ2n) is 8.02. The summed E-state index contributed by atoms with van der Waals surface area (Å²) in [6.07, 6.45) is 0.348. The van der Waals surface area contributed by atoms with Gasteiger partial charge in [0, 0.05) is 24.8 Å². The van der Waals surface area contributed by atoms with Crippen molar-refractivity contribution in [1.82, 2.24) is 29.6 Å². The van der Waals surface area contributed by atoms with E-state index in [1.165, 1.54) is 5.38 Å². The first-order valence-electron chi connectivity index (χ1n) is 10.3. The number of aliphatic carboxylic acids is 1. The van der Waals surface area contributed by atoms with Crippen molar-refractivity contribution in [2.24, 2.45) is 10.9 Å². The van der Waals surface area contributed by atoms with Crippen LogP contribution in [-0.4, -0.2) is 83.5 Å². The van der Waals surface area contributed by atoms with E-state index in [2.05, 4.69) is 25.7 Å². The maximum absolute atomic E-state index is 13.1. The summed E-state index contributed by atoms with van der Waals surface area (Å²) >= 11 is 0.973. The Kier molecular flexibility index (Phi) is 6.41. The normalized spacial score (nSPS) is 21.1. The molecule has 0 aromatic carbocycles. The average Bonchev–Trinajstić information content (AvgIpc) is 3.34. The Morgan fingerprint density at radius 1 is 1.39 bits per heavy atom. The molecule has 4 rings (SSSR count). The minimum Gasteiger partial charge on any atom is -0.478 e. The summed E-state index contributed by atoms with van der Waals surface area (Å²) in [5.74, 6) is -3.41. The third-order valence-electron chi connectivity index (χ3n) is 5.55. The maximum atomic E-state index is 13.1. The van der Waals surface area contributed by atoms with Crippen molar-refractivity contribution in [1.29, 1.82) is 0 Å². The third-order valence-corrected chi connectivity index (χ3v) is 7.17. The van der Waals surface area contributed by atoms with Crippen LogP contribution in [0.15, 0.2) is 10.5 Å². The van der Waals surface area contributed by atoms with Gasteiger partial charge in [0.1, 0.15) is 17.8 Å². The first kappa shape index (κ1) is 25.4. The predicted octanol–water partition coefficient (Wildman–Crippen LogP) is -2.38. The van der Waals surface area contributed by atoms with E-state index in [1.807, 2.05) is 0 Å². The highest BCUT2D eigenvalue weighted by molar-refractivity contribution is 7.84. The van der Waals surface area contributed by atoms with Gasteiger partial charge in [-0.2, -0.15) is 23.4 Å². The van der Waals surface area contributed by atoms with E-state index in [9.17, 15) is 32.5 Å². The first-order chi connectivity index (χ1) is 16.9. The van der Waals surface area contributed by atoms with Gasteiger partial charge in [0.05, 0.1) is 17.9 Å². The fourth-order valence-corrected chi connectivity index (χ4v) is 4.86. The number of carboxylic acid groups (broad SMARTS) is 1. The molecule has 0 spiro atoms. The van der Waals surface area contributed by atoms with Crippen LogP contribution in [0.5, 0.6) is 0 Å². The number of thiazole rings is 1. The Hall–Kier alpha value is -3.68. The number of hydrogen-bond acceptors (Lipinski definition) is 13. The summed E-state index contributed by atoms with van der Waals surface area (Å²) in [6.45, 7) is 1.38. The molecule has 0 radical (unpaired) electrons. The van der Waals surface area contributed by atoms with Crippen LogP contribution in [0.1, 0.15) is 29.9 Å². The van der Waals surface area contributed by atoms with Gasteiger partial charge in [0.2, 0.25) is 5.60 Å². The summed E-state index contributed by atoms with van der Waals surface area (Å²) in [6, 6.07) is -2.74. The monoisotopic (exact) mass is 543 g/mol. The van der Waals surface area contributed by atoms with Gasteiger partial charge in [-0.25, -0.2) is 14.1 Å². The average molecular weight is 544 g/mol. The molecule has 0 unspecified atom stereocenters. The summed E-state index contributed by atoms with van der Waals surface area (Å²) in [5, 5.41) is 25.0. The Bertz CT molecular complexity index is 1360. The van der Waals surface area contributed by atoms with Crippen LogP contribution in [0.2, 0.25) is 0 Å². The van der Waals surface area contributed by atoms with E-state index in [0.717, 1.165) is 16.1 Å². The molecule has 17 nitrogen and oxygen atoms in total. The number of nitrogens with two attached hydrogens (primary N) is 2. The zero-order chi connectivity index (χ0) is 26.4. The van der Waals surface area contributed by atoms with Crippen molar-refractivity contribution in [3.63, 3.8) is 0 Å². The molecule has 3 heterocycles. The number of carboxylic acids is 1. The number of β-lactam (4-membered cyclic amide) rings is 1. The summed E-state index contributed by atoms with van der Waals surface area (Å²) in [7, 11) is -4.97. The van der Waals surface area contributed by atoms with Crippen LogP contribution in [0, 0.1) is 6.92 Å². The number of rotatable bonds is 10. The zero-order valence-corrected chi connectivity index (χ0v) is 20.2. The fourth-order valence-electron chi connectivity index (χ4n) is 3.44. The van der Waals surface area contributed by atoms with Crippen molar-refractivity contribution >= 4 is 50.3 Å². The minimum absolute atomic E-state index is 0.0527. The summed E-state index contributed by atoms with van der Waals surface area (Å²) < 4.78 is 33.3. The Morgan fingerprint density at radius 3 is 2.58 bits per heavy atom. The second-order valence-corrected chi connectivity index (χ2v) is 10.2. The molecule has 0 bridgehead atoms. The summed E-state index contributed by atoms with van der Waals surface area (Å²) in [5.41, 5.74) is 10.00. The molecule has 7 N–H and O–H groups in total. The van der Waals surface area contributed by atoms with Gasteiger partial charge >= 0.3 is 16.3 Å². The molecule has 2 aromatic rings. The lowest BCUT2D eigenvalue weighted by Gasteiger charge is -2.43. The number of nitrogen functional groups attached to an aromatic ring is 1. The van der Waals surface area contributed by atoms with E-state index >= 15 is 0 Å². The second kappa shape index (κ2) is 9.08. The van der Waals surface area contributed by atoms with E-state index in [-0.39, 0.29) is 41.1 Å². The summed E-state index contributed by atoms with van der Waals surface area (Å²) in [4.78, 5) is 47.2. The van der Waals surface area contributed by atoms with Gasteiger partial charge in [0.15, 0.2) is 10.8 Å². The number of nitrogens with zero attached hydrogens (tertiary/aromatic N) is 6. The van der Waals surface area contributed by atoms with Gasteiger partial charge in [-0.05, 0) is 6.92 Å². The molecule has 2 atom stereocenters. The SMILES string of the molecule is Cc1nn(C[C@@H]2[C@H](NC(=O)/C(=N\OC3(C(=O)O)CC3)c3csc(N)n3)C(=O)N2S(=O)(=O)O)nc1CN. The number of carbonyl (C=O) groups excluding carboxylic acids is 2. The minimum atomic E-state index is -4.97. The van der Waals surface area contributed by atoms with Crippen LogP contribution >= 0.6 is 11.3 Å². The molecule has 1 saturated carbocycles. The van der Waals surface area contributed by atoms with Gasteiger partial charge in [-0.3, -0.25) is 14.1 Å². The van der Waals surface area contributed by atoms with E-state index in [1.54, 1.807) is 6.92 Å². The number of anilines is 1. The Morgan fingerprint density at radius 2 is 2.08 bits per heavy atom. The molecule has 194 valence electrons. The van der Waals surface area contributed by atoms with Gasteiger partial charge < -0.3 is 26.7 Å². The van der Waals surface area contributed by atoms with E-state index in [4.69, 9.17) is 16.3 Å². The number of amides is 2. The number of nitrogens with one attached hydrogen (secondary N) is 1. The Balaban J connectivity index is 1.60. The van der Waals surface area contributed by atoms with E-state index < -0.39 is 51.5 Å². The lowest BCUT2D eigenvalue weighted by atomic mass is 9.98. The molecule has 2 aromatic heterocycles.